The minimum absolute atomic E-state index is 0.218. The van der Waals surface area contributed by atoms with Gasteiger partial charge in [-0.3, -0.25) is 4.79 Å². The van der Waals surface area contributed by atoms with Gasteiger partial charge >= 0.3 is 0 Å². The summed E-state index contributed by atoms with van der Waals surface area (Å²) in [6.45, 7) is 1.96. The molecule has 0 aliphatic carbocycles. The van der Waals surface area contributed by atoms with E-state index in [0.717, 1.165) is 15.1 Å². The number of aromatic amines is 1. The lowest BCUT2D eigenvalue weighted by atomic mass is 10.3. The molecule has 0 saturated heterocycles. The van der Waals surface area contributed by atoms with Crippen LogP contribution >= 0.6 is 11.3 Å². The average molecular weight is 181 g/mol. The Labute approximate surface area is 72.3 Å². The molecule has 2 rings (SSSR count). The van der Waals surface area contributed by atoms with Crippen molar-refractivity contribution in [2.45, 2.75) is 6.92 Å². The van der Waals surface area contributed by atoms with Crippen LogP contribution in [-0.4, -0.2) is 10.1 Å². The number of thiophene rings is 1. The van der Waals surface area contributed by atoms with Crippen molar-refractivity contribution >= 4 is 21.6 Å². The second-order valence-electron chi connectivity index (χ2n) is 2.62. The van der Waals surface area contributed by atoms with Gasteiger partial charge in [-0.05, 0) is 13.0 Å². The van der Waals surface area contributed by atoms with Gasteiger partial charge in [0.05, 0.1) is 10.2 Å². The molecular weight excluding hydrogens is 174 g/mol. The third kappa shape index (κ3) is 1.00. The summed E-state index contributed by atoms with van der Waals surface area (Å²) in [5.41, 5.74) is 0.362. The Morgan fingerprint density at radius 3 is 3.00 bits per heavy atom. The van der Waals surface area contributed by atoms with Crippen LogP contribution in [0.5, 0.6) is 5.75 Å². The summed E-state index contributed by atoms with van der Waals surface area (Å²) in [6.07, 6.45) is 0. The third-order valence-corrected chi connectivity index (χ3v) is 2.63. The Kier molecular flexibility index (Phi) is 1.44. The second kappa shape index (κ2) is 2.35. The highest BCUT2D eigenvalue weighted by Gasteiger charge is 2.02. The number of pyridine rings is 1. The van der Waals surface area contributed by atoms with Gasteiger partial charge in [0.15, 0.2) is 5.75 Å². The van der Waals surface area contributed by atoms with Crippen LogP contribution in [0.15, 0.2) is 16.9 Å². The molecule has 0 atom stereocenters. The fraction of sp³-hybridized carbons (Fsp3) is 0.125. The van der Waals surface area contributed by atoms with Crippen LogP contribution < -0.4 is 5.56 Å². The Morgan fingerprint density at radius 1 is 1.50 bits per heavy atom. The van der Waals surface area contributed by atoms with Crippen LogP contribution in [0, 0.1) is 6.92 Å². The van der Waals surface area contributed by atoms with Crippen molar-refractivity contribution < 1.29 is 5.11 Å². The minimum Gasteiger partial charge on any atom is -0.503 e. The summed E-state index contributed by atoms with van der Waals surface area (Å²) in [7, 11) is 0. The lowest BCUT2D eigenvalue weighted by molar-refractivity contribution is 0.468. The van der Waals surface area contributed by atoms with Crippen molar-refractivity contribution in [1.29, 1.82) is 0 Å². The molecule has 2 heterocycles. The number of rotatable bonds is 0. The van der Waals surface area contributed by atoms with Crippen LogP contribution in [0.4, 0.5) is 0 Å². The summed E-state index contributed by atoms with van der Waals surface area (Å²) in [6, 6.07) is 3.38. The Balaban J connectivity index is 2.92. The van der Waals surface area contributed by atoms with Gasteiger partial charge in [0.2, 0.25) is 0 Å². The highest BCUT2D eigenvalue weighted by Crippen LogP contribution is 2.23. The van der Waals surface area contributed by atoms with Gasteiger partial charge < -0.3 is 10.1 Å². The Morgan fingerprint density at radius 2 is 2.25 bits per heavy atom. The average Bonchev–Trinajstić information content (AvgIpc) is 2.30. The van der Waals surface area contributed by atoms with Gasteiger partial charge in [-0.2, -0.15) is 0 Å². The summed E-state index contributed by atoms with van der Waals surface area (Å²) < 4.78 is 0.907. The summed E-state index contributed by atoms with van der Waals surface area (Å²) >= 11 is 1.54. The lowest BCUT2D eigenvalue weighted by Gasteiger charge is -1.89. The van der Waals surface area contributed by atoms with Crippen molar-refractivity contribution in [2.75, 3.05) is 0 Å². The maximum Gasteiger partial charge on any atom is 0.290 e. The molecule has 0 aliphatic heterocycles. The fourth-order valence-corrected chi connectivity index (χ4v) is 2.03. The molecule has 0 aliphatic rings. The zero-order valence-corrected chi connectivity index (χ0v) is 7.23. The van der Waals surface area contributed by atoms with Crippen LogP contribution in [0.2, 0.25) is 0 Å². The molecule has 2 aromatic heterocycles. The third-order valence-electron chi connectivity index (χ3n) is 1.63. The molecule has 3 nitrogen and oxygen atoms in total. The standard InChI is InChI=1S/C8H7NO2S/c1-4-2-5-7(12-4)3-6(10)8(11)9-5/h2-3,10H,1H3,(H,9,11). The lowest BCUT2D eigenvalue weighted by Crippen LogP contribution is -2.02. The molecule has 62 valence electrons. The van der Waals surface area contributed by atoms with E-state index in [-0.39, 0.29) is 5.75 Å². The predicted octanol–water partition coefficient (Wildman–Crippen LogP) is 1.60. The molecule has 0 spiro atoms. The second-order valence-corrected chi connectivity index (χ2v) is 3.91. The fourth-order valence-electron chi connectivity index (χ4n) is 1.11. The Bertz CT molecular complexity index is 483. The Hall–Kier alpha value is -1.29. The van der Waals surface area contributed by atoms with Gasteiger partial charge in [0.1, 0.15) is 0 Å². The van der Waals surface area contributed by atoms with E-state index < -0.39 is 5.56 Å². The first-order valence-corrected chi connectivity index (χ1v) is 4.31. The van der Waals surface area contributed by atoms with Crippen LogP contribution in [0.3, 0.4) is 0 Å². The number of fused-ring (bicyclic) bond motifs is 1. The quantitative estimate of drug-likeness (QED) is 0.648. The van der Waals surface area contributed by atoms with Gasteiger partial charge in [-0.25, -0.2) is 0 Å². The molecule has 0 fully saturated rings. The molecule has 0 bridgehead atoms. The summed E-state index contributed by atoms with van der Waals surface area (Å²) in [5, 5.41) is 9.09. The zero-order valence-electron chi connectivity index (χ0n) is 6.42. The first-order chi connectivity index (χ1) is 5.66. The smallest absolute Gasteiger partial charge is 0.290 e. The number of aromatic nitrogens is 1. The van der Waals surface area contributed by atoms with E-state index in [9.17, 15) is 4.79 Å². The first-order valence-electron chi connectivity index (χ1n) is 3.49. The van der Waals surface area contributed by atoms with E-state index in [0.29, 0.717) is 0 Å². The SMILES string of the molecule is Cc1cc2[nH]c(=O)c(O)cc2s1. The normalized spacial score (nSPS) is 10.8. The van der Waals surface area contributed by atoms with E-state index in [1.54, 1.807) is 11.3 Å². The molecule has 0 amide bonds. The molecule has 12 heavy (non-hydrogen) atoms. The maximum absolute atomic E-state index is 10.9. The van der Waals surface area contributed by atoms with Crippen LogP contribution in [0.1, 0.15) is 4.88 Å². The summed E-state index contributed by atoms with van der Waals surface area (Å²) in [5.74, 6) is -0.218. The van der Waals surface area contributed by atoms with Gasteiger partial charge in [0, 0.05) is 10.9 Å². The van der Waals surface area contributed by atoms with Crippen molar-refractivity contribution in [3.8, 4) is 5.75 Å². The maximum atomic E-state index is 10.9. The molecule has 0 unspecified atom stereocenters. The predicted molar refractivity (Wildman–Crippen MR) is 48.8 cm³/mol. The monoisotopic (exact) mass is 181 g/mol. The molecule has 0 aromatic carbocycles. The molecule has 0 radical (unpaired) electrons. The summed E-state index contributed by atoms with van der Waals surface area (Å²) in [4.78, 5) is 14.6. The number of H-pyrrole nitrogens is 1. The van der Waals surface area contributed by atoms with Crippen LogP contribution in [-0.2, 0) is 0 Å². The number of hydrogen-bond donors (Lipinski definition) is 2. The zero-order chi connectivity index (χ0) is 8.72. The van der Waals surface area contributed by atoms with E-state index in [4.69, 9.17) is 5.11 Å². The van der Waals surface area contributed by atoms with Crippen molar-refractivity contribution in [2.24, 2.45) is 0 Å². The molecule has 4 heteroatoms. The number of aryl methyl sites for hydroxylation is 1. The van der Waals surface area contributed by atoms with Crippen molar-refractivity contribution in [3.63, 3.8) is 0 Å². The number of nitrogens with one attached hydrogen (secondary N) is 1. The van der Waals surface area contributed by atoms with E-state index in [2.05, 4.69) is 4.98 Å². The van der Waals surface area contributed by atoms with E-state index in [1.165, 1.54) is 6.07 Å². The number of aromatic hydroxyl groups is 1. The van der Waals surface area contributed by atoms with Crippen LogP contribution in [0.25, 0.3) is 10.2 Å². The van der Waals surface area contributed by atoms with E-state index in [1.807, 2.05) is 13.0 Å². The van der Waals surface area contributed by atoms with Gasteiger partial charge in [-0.1, -0.05) is 0 Å². The topological polar surface area (TPSA) is 53.1 Å². The van der Waals surface area contributed by atoms with Crippen molar-refractivity contribution in [3.05, 3.63) is 27.4 Å². The van der Waals surface area contributed by atoms with E-state index >= 15 is 0 Å². The molecular formula is C8H7NO2S. The highest BCUT2D eigenvalue weighted by atomic mass is 32.1. The highest BCUT2D eigenvalue weighted by molar-refractivity contribution is 7.18. The largest absolute Gasteiger partial charge is 0.503 e. The van der Waals surface area contributed by atoms with Gasteiger partial charge in [-0.15, -0.1) is 11.3 Å². The minimum atomic E-state index is -0.430. The van der Waals surface area contributed by atoms with Crippen molar-refractivity contribution in [1.82, 2.24) is 4.98 Å². The number of hydrogen-bond acceptors (Lipinski definition) is 3. The first kappa shape index (κ1) is 7.36. The molecule has 0 saturated carbocycles. The van der Waals surface area contributed by atoms with Gasteiger partial charge in [0.25, 0.3) is 5.56 Å². The molecule has 2 aromatic rings. The molecule has 2 N–H and O–H groups in total.